The zero-order chi connectivity index (χ0) is 22.6. The number of hydrogen-bond acceptors (Lipinski definition) is 4. The highest BCUT2D eigenvalue weighted by Crippen LogP contribution is 2.27. The number of carbonyl (C=O) groups excluding carboxylic acids is 1. The molecule has 1 aliphatic rings. The van der Waals surface area contributed by atoms with Crippen molar-refractivity contribution in [2.75, 3.05) is 13.6 Å². The Labute approximate surface area is 183 Å². The lowest BCUT2D eigenvalue weighted by atomic mass is 10.1. The molecule has 6 nitrogen and oxygen atoms in total. The fraction of sp³-hybridized carbons (Fsp3) is 0.429. The van der Waals surface area contributed by atoms with Crippen LogP contribution in [-0.2, 0) is 19.3 Å². The zero-order valence-electron chi connectivity index (χ0n) is 16.9. The number of amides is 2. The molecule has 1 unspecified atom stereocenters. The molecule has 3 rings (SSSR count). The van der Waals surface area contributed by atoms with Crippen molar-refractivity contribution in [3.05, 3.63) is 64.4 Å². The molecule has 1 saturated heterocycles. The number of hydrogen-bond donors (Lipinski definition) is 2. The lowest BCUT2D eigenvalue weighted by molar-refractivity contribution is -0.141. The Hall–Kier alpha value is -2.36. The molecule has 168 valence electrons. The van der Waals surface area contributed by atoms with E-state index >= 15 is 0 Å². The van der Waals surface area contributed by atoms with Crippen LogP contribution < -0.4 is 5.32 Å². The van der Waals surface area contributed by atoms with Crippen molar-refractivity contribution in [3.63, 3.8) is 0 Å². The van der Waals surface area contributed by atoms with E-state index in [9.17, 15) is 23.1 Å². The summed E-state index contributed by atoms with van der Waals surface area (Å²) in [5.41, 5.74) is 0.460. The topological polar surface area (TPSA) is 68.7 Å². The third kappa shape index (κ3) is 6.09. The van der Waals surface area contributed by atoms with Crippen LogP contribution in [0, 0.1) is 0 Å². The van der Waals surface area contributed by atoms with E-state index in [1.165, 1.54) is 6.07 Å². The van der Waals surface area contributed by atoms with Gasteiger partial charge in [0.2, 0.25) is 0 Å². The molecule has 0 radical (unpaired) electrons. The SMILES string of the molecule is CN(Cc1ccc(Cl)cc1)C(O)[C@H]1CCCN1C(=O)NCc1ccc(C(F)(F)F)nc1. The quantitative estimate of drug-likeness (QED) is 0.647. The average molecular weight is 457 g/mol. The van der Waals surface area contributed by atoms with E-state index in [2.05, 4.69) is 10.3 Å². The van der Waals surface area contributed by atoms with Crippen LogP contribution in [0.5, 0.6) is 0 Å². The molecule has 2 aromatic rings. The highest BCUT2D eigenvalue weighted by molar-refractivity contribution is 6.30. The first-order valence-electron chi connectivity index (χ1n) is 9.84. The van der Waals surface area contributed by atoms with Gasteiger partial charge in [0.25, 0.3) is 0 Å². The number of halogens is 4. The van der Waals surface area contributed by atoms with Crippen molar-refractivity contribution >= 4 is 17.6 Å². The lowest BCUT2D eigenvalue weighted by Gasteiger charge is -2.34. The molecule has 0 spiro atoms. The summed E-state index contributed by atoms with van der Waals surface area (Å²) in [6.07, 6.45) is -2.86. The molecule has 10 heteroatoms. The van der Waals surface area contributed by atoms with E-state index < -0.39 is 18.1 Å². The summed E-state index contributed by atoms with van der Waals surface area (Å²) in [6, 6.07) is 8.72. The number of rotatable bonds is 6. The summed E-state index contributed by atoms with van der Waals surface area (Å²) >= 11 is 5.90. The molecule has 2 amide bonds. The first-order chi connectivity index (χ1) is 14.6. The van der Waals surface area contributed by atoms with Crippen LogP contribution >= 0.6 is 11.6 Å². The maximum Gasteiger partial charge on any atom is 0.433 e. The minimum Gasteiger partial charge on any atom is -0.376 e. The Kier molecular flexibility index (Phi) is 7.40. The van der Waals surface area contributed by atoms with E-state index in [-0.39, 0.29) is 18.6 Å². The van der Waals surface area contributed by atoms with Crippen LogP contribution in [0.25, 0.3) is 0 Å². The van der Waals surface area contributed by atoms with Crippen molar-refractivity contribution in [3.8, 4) is 0 Å². The summed E-state index contributed by atoms with van der Waals surface area (Å²) in [6.45, 7) is 1.03. The number of likely N-dealkylation sites (tertiary alicyclic amines) is 1. The smallest absolute Gasteiger partial charge is 0.376 e. The second-order valence-electron chi connectivity index (χ2n) is 7.57. The van der Waals surface area contributed by atoms with Gasteiger partial charge in [-0.15, -0.1) is 0 Å². The van der Waals surface area contributed by atoms with Crippen LogP contribution in [0.1, 0.15) is 29.7 Å². The number of urea groups is 1. The number of aliphatic hydroxyl groups excluding tert-OH is 1. The Morgan fingerprint density at radius 1 is 1.29 bits per heavy atom. The van der Waals surface area contributed by atoms with Gasteiger partial charge in [0.15, 0.2) is 0 Å². The number of aliphatic hydroxyl groups is 1. The Morgan fingerprint density at radius 2 is 1.97 bits per heavy atom. The number of alkyl halides is 3. The second-order valence-corrected chi connectivity index (χ2v) is 8.00. The predicted octanol–water partition coefficient (Wildman–Crippen LogP) is 3.88. The third-order valence-corrected chi connectivity index (χ3v) is 5.51. The Bertz CT molecular complexity index is 878. The molecule has 1 aliphatic heterocycles. The number of carbonyl (C=O) groups is 1. The summed E-state index contributed by atoms with van der Waals surface area (Å²) in [5.74, 6) is 0. The first-order valence-corrected chi connectivity index (χ1v) is 10.2. The van der Waals surface area contributed by atoms with E-state index in [4.69, 9.17) is 11.6 Å². The van der Waals surface area contributed by atoms with Gasteiger partial charge in [-0.2, -0.15) is 13.2 Å². The standard InChI is InChI=1S/C21H24ClF3N4O2/c1-28(13-14-4-7-16(22)8-5-14)19(30)17-3-2-10-29(17)20(31)27-12-15-6-9-18(26-11-15)21(23,24)25/h4-9,11,17,19,30H,2-3,10,12-13H2,1H3,(H,27,31)/t17-,19?/m1/s1. The van der Waals surface area contributed by atoms with Crippen molar-refractivity contribution in [1.82, 2.24) is 20.1 Å². The number of nitrogens with one attached hydrogen (secondary N) is 1. The highest BCUT2D eigenvalue weighted by atomic mass is 35.5. The molecule has 2 atom stereocenters. The predicted molar refractivity (Wildman–Crippen MR) is 110 cm³/mol. The van der Waals surface area contributed by atoms with Crippen molar-refractivity contribution in [2.45, 2.75) is 44.4 Å². The van der Waals surface area contributed by atoms with Crippen LogP contribution in [0.2, 0.25) is 5.02 Å². The van der Waals surface area contributed by atoms with Crippen LogP contribution in [-0.4, -0.2) is 51.8 Å². The second kappa shape index (κ2) is 9.84. The van der Waals surface area contributed by atoms with E-state index in [0.717, 1.165) is 24.2 Å². The van der Waals surface area contributed by atoms with Gasteiger partial charge in [-0.05, 0) is 49.2 Å². The van der Waals surface area contributed by atoms with Gasteiger partial charge in [-0.25, -0.2) is 4.79 Å². The third-order valence-electron chi connectivity index (χ3n) is 5.26. The normalized spacial score (nSPS) is 17.8. The molecule has 2 N–H and O–H groups in total. The summed E-state index contributed by atoms with van der Waals surface area (Å²) in [5, 5.41) is 14.1. The minimum absolute atomic E-state index is 0.0455. The number of nitrogens with zero attached hydrogens (tertiary/aromatic N) is 3. The van der Waals surface area contributed by atoms with E-state index in [0.29, 0.717) is 30.1 Å². The van der Waals surface area contributed by atoms with Crippen LogP contribution in [0.4, 0.5) is 18.0 Å². The van der Waals surface area contributed by atoms with Gasteiger partial charge >= 0.3 is 12.2 Å². The van der Waals surface area contributed by atoms with Crippen LogP contribution in [0.3, 0.4) is 0 Å². The van der Waals surface area contributed by atoms with Crippen molar-refractivity contribution < 1.29 is 23.1 Å². The fourth-order valence-corrected chi connectivity index (χ4v) is 3.72. The molecule has 0 saturated carbocycles. The molecule has 31 heavy (non-hydrogen) atoms. The van der Waals surface area contributed by atoms with Crippen molar-refractivity contribution in [2.24, 2.45) is 0 Å². The molecular formula is C21H24ClF3N4O2. The molecule has 0 bridgehead atoms. The van der Waals surface area contributed by atoms with Gasteiger partial charge in [0, 0.05) is 30.9 Å². The lowest BCUT2D eigenvalue weighted by Crippen LogP contribution is -2.52. The summed E-state index contributed by atoms with van der Waals surface area (Å²) in [7, 11) is 1.78. The number of likely N-dealkylation sites (N-methyl/N-ethyl adjacent to an activating group) is 1. The van der Waals surface area contributed by atoms with E-state index in [1.54, 1.807) is 29.0 Å². The molecule has 1 aromatic heterocycles. The molecule has 0 aliphatic carbocycles. The fourth-order valence-electron chi connectivity index (χ4n) is 3.60. The van der Waals surface area contributed by atoms with Crippen molar-refractivity contribution in [1.29, 1.82) is 0 Å². The van der Waals surface area contributed by atoms with Gasteiger partial charge in [0.05, 0.1) is 6.04 Å². The van der Waals surface area contributed by atoms with Gasteiger partial charge < -0.3 is 15.3 Å². The van der Waals surface area contributed by atoms with E-state index in [1.807, 2.05) is 12.1 Å². The monoisotopic (exact) mass is 456 g/mol. The maximum absolute atomic E-state index is 12.6. The summed E-state index contributed by atoms with van der Waals surface area (Å²) in [4.78, 5) is 19.4. The molecule has 1 fully saturated rings. The van der Waals surface area contributed by atoms with Gasteiger partial charge in [0.1, 0.15) is 11.9 Å². The Balaban J connectivity index is 1.56. The number of pyridine rings is 1. The molecule has 1 aromatic carbocycles. The summed E-state index contributed by atoms with van der Waals surface area (Å²) < 4.78 is 37.8. The Morgan fingerprint density at radius 3 is 2.58 bits per heavy atom. The highest BCUT2D eigenvalue weighted by Gasteiger charge is 2.36. The average Bonchev–Trinajstić information content (AvgIpc) is 3.22. The van der Waals surface area contributed by atoms with Gasteiger partial charge in [-0.3, -0.25) is 9.88 Å². The van der Waals surface area contributed by atoms with Gasteiger partial charge in [-0.1, -0.05) is 29.8 Å². The number of benzene rings is 1. The zero-order valence-corrected chi connectivity index (χ0v) is 17.7. The minimum atomic E-state index is -4.50. The number of aromatic nitrogens is 1. The molecule has 2 heterocycles. The van der Waals surface area contributed by atoms with Crippen LogP contribution in [0.15, 0.2) is 42.6 Å². The maximum atomic E-state index is 12.6. The molecular weight excluding hydrogens is 433 g/mol. The largest absolute Gasteiger partial charge is 0.433 e. The first kappa shape index (κ1) is 23.3.